The van der Waals surface area contributed by atoms with E-state index in [-0.39, 0.29) is 5.91 Å². The first kappa shape index (κ1) is 16.7. The van der Waals surface area contributed by atoms with Gasteiger partial charge in [0.15, 0.2) is 5.13 Å². The summed E-state index contributed by atoms with van der Waals surface area (Å²) in [5.41, 5.74) is 3.34. The summed E-state index contributed by atoms with van der Waals surface area (Å²) < 4.78 is 0.948. The molecular weight excluding hydrogens is 386 g/mol. The highest BCUT2D eigenvalue weighted by Crippen LogP contribution is 2.26. The molecule has 0 aliphatic carbocycles. The summed E-state index contributed by atoms with van der Waals surface area (Å²) in [4.78, 5) is 16.7. The lowest BCUT2D eigenvalue weighted by atomic mass is 10.1. The van der Waals surface area contributed by atoms with E-state index in [9.17, 15) is 4.79 Å². The maximum Gasteiger partial charge on any atom is 0.255 e. The molecule has 0 aliphatic heterocycles. The van der Waals surface area contributed by atoms with Crippen molar-refractivity contribution in [3.8, 4) is 11.3 Å². The van der Waals surface area contributed by atoms with Gasteiger partial charge in [-0.25, -0.2) is 4.98 Å². The fraction of sp³-hybridized carbons (Fsp3) is 0.111. The summed E-state index contributed by atoms with van der Waals surface area (Å²) in [5, 5.41) is 9.04. The first-order valence-electron chi connectivity index (χ1n) is 7.52. The van der Waals surface area contributed by atoms with E-state index in [1.165, 1.54) is 0 Å². The molecule has 1 aromatic heterocycles. The Labute approximate surface area is 153 Å². The van der Waals surface area contributed by atoms with Crippen LogP contribution in [-0.4, -0.2) is 17.4 Å². The van der Waals surface area contributed by atoms with Crippen LogP contribution < -0.4 is 10.6 Å². The zero-order valence-electron chi connectivity index (χ0n) is 13.0. The molecule has 0 aliphatic rings. The molecule has 3 aromatic rings. The molecule has 1 amide bonds. The van der Waals surface area contributed by atoms with Crippen molar-refractivity contribution in [1.29, 1.82) is 0 Å². The number of hydrogen-bond acceptors (Lipinski definition) is 4. The van der Waals surface area contributed by atoms with Crippen LogP contribution in [0.5, 0.6) is 0 Å². The molecule has 4 nitrogen and oxygen atoms in total. The van der Waals surface area contributed by atoms with E-state index in [1.807, 2.05) is 48.7 Å². The summed E-state index contributed by atoms with van der Waals surface area (Å²) >= 11 is 4.95. The van der Waals surface area contributed by atoms with Crippen molar-refractivity contribution in [2.75, 3.05) is 17.2 Å². The summed E-state index contributed by atoms with van der Waals surface area (Å²) in [6, 6.07) is 15.0. The Morgan fingerprint density at radius 3 is 2.50 bits per heavy atom. The fourth-order valence-electron chi connectivity index (χ4n) is 2.17. The SMILES string of the molecule is CCNc1nc(-c2ccc(NC(=O)c3ccc(Br)cc3)cc2)cs1. The normalized spacial score (nSPS) is 10.4. The van der Waals surface area contributed by atoms with Gasteiger partial charge in [-0.2, -0.15) is 0 Å². The second kappa shape index (κ2) is 7.59. The van der Waals surface area contributed by atoms with Gasteiger partial charge in [-0.05, 0) is 43.3 Å². The Morgan fingerprint density at radius 2 is 1.83 bits per heavy atom. The van der Waals surface area contributed by atoms with E-state index in [2.05, 4.69) is 31.5 Å². The van der Waals surface area contributed by atoms with Gasteiger partial charge in [0.05, 0.1) is 5.69 Å². The average Bonchev–Trinajstić information content (AvgIpc) is 3.05. The number of nitrogens with one attached hydrogen (secondary N) is 2. The second-order valence-corrected chi connectivity index (χ2v) is 6.88. The highest BCUT2D eigenvalue weighted by Gasteiger charge is 2.07. The van der Waals surface area contributed by atoms with Crippen LogP contribution >= 0.6 is 27.3 Å². The summed E-state index contributed by atoms with van der Waals surface area (Å²) in [5.74, 6) is -0.127. The molecule has 0 fully saturated rings. The molecule has 1 heterocycles. The molecule has 0 atom stereocenters. The van der Waals surface area contributed by atoms with Crippen LogP contribution in [0, 0.1) is 0 Å². The number of nitrogens with zero attached hydrogens (tertiary/aromatic N) is 1. The average molecular weight is 402 g/mol. The first-order valence-corrected chi connectivity index (χ1v) is 9.19. The largest absolute Gasteiger partial charge is 0.362 e. The standard InChI is InChI=1S/C18H16BrN3OS/c1-2-20-18-22-16(11-24-18)12-5-9-15(10-6-12)21-17(23)13-3-7-14(19)8-4-13/h3-11H,2H2,1H3,(H,20,22)(H,21,23). The minimum atomic E-state index is -0.127. The van der Waals surface area contributed by atoms with E-state index in [4.69, 9.17) is 0 Å². The number of benzene rings is 2. The van der Waals surface area contributed by atoms with Crippen molar-refractivity contribution in [2.24, 2.45) is 0 Å². The quantitative estimate of drug-likeness (QED) is 0.613. The van der Waals surface area contributed by atoms with Crippen LogP contribution in [0.15, 0.2) is 58.4 Å². The van der Waals surface area contributed by atoms with Gasteiger partial charge in [0, 0.05) is 33.2 Å². The number of halogens is 1. The Balaban J connectivity index is 1.69. The lowest BCUT2D eigenvalue weighted by Crippen LogP contribution is -2.11. The van der Waals surface area contributed by atoms with Crippen molar-refractivity contribution in [3.05, 3.63) is 63.9 Å². The van der Waals surface area contributed by atoms with Crippen molar-refractivity contribution in [2.45, 2.75) is 6.92 Å². The first-order chi connectivity index (χ1) is 11.7. The highest BCUT2D eigenvalue weighted by molar-refractivity contribution is 9.10. The number of amides is 1. The lowest BCUT2D eigenvalue weighted by Gasteiger charge is -2.06. The number of anilines is 2. The molecule has 0 radical (unpaired) electrons. The van der Waals surface area contributed by atoms with E-state index in [1.54, 1.807) is 23.5 Å². The van der Waals surface area contributed by atoms with Crippen molar-refractivity contribution in [1.82, 2.24) is 4.98 Å². The second-order valence-electron chi connectivity index (χ2n) is 5.11. The molecule has 3 rings (SSSR count). The third-order valence-corrected chi connectivity index (χ3v) is 4.71. The highest BCUT2D eigenvalue weighted by atomic mass is 79.9. The zero-order chi connectivity index (χ0) is 16.9. The van der Waals surface area contributed by atoms with Gasteiger partial charge < -0.3 is 10.6 Å². The van der Waals surface area contributed by atoms with Gasteiger partial charge in [0.2, 0.25) is 0 Å². The van der Waals surface area contributed by atoms with Crippen LogP contribution in [0.1, 0.15) is 17.3 Å². The predicted molar refractivity (Wildman–Crippen MR) is 104 cm³/mol. The number of rotatable bonds is 5. The molecule has 122 valence electrons. The molecule has 0 saturated carbocycles. The molecule has 6 heteroatoms. The Bertz CT molecular complexity index is 828. The van der Waals surface area contributed by atoms with Crippen molar-refractivity contribution >= 4 is 44.0 Å². The monoisotopic (exact) mass is 401 g/mol. The minimum Gasteiger partial charge on any atom is -0.362 e. The summed E-state index contributed by atoms with van der Waals surface area (Å²) in [6.07, 6.45) is 0. The molecule has 0 saturated heterocycles. The maximum atomic E-state index is 12.2. The maximum absolute atomic E-state index is 12.2. The predicted octanol–water partition coefficient (Wildman–Crippen LogP) is 5.26. The number of carbonyl (C=O) groups is 1. The number of carbonyl (C=O) groups excluding carboxylic acids is 1. The molecular formula is C18H16BrN3OS. The Kier molecular flexibility index (Phi) is 5.27. The van der Waals surface area contributed by atoms with Crippen LogP contribution in [0.25, 0.3) is 11.3 Å². The van der Waals surface area contributed by atoms with Gasteiger partial charge in [0.1, 0.15) is 0 Å². The van der Waals surface area contributed by atoms with Gasteiger partial charge in [0.25, 0.3) is 5.91 Å². The molecule has 0 unspecified atom stereocenters. The Hall–Kier alpha value is -2.18. The van der Waals surface area contributed by atoms with Crippen LogP contribution in [-0.2, 0) is 0 Å². The number of thiazole rings is 1. The third-order valence-electron chi connectivity index (χ3n) is 3.38. The number of aromatic nitrogens is 1. The van der Waals surface area contributed by atoms with Crippen LogP contribution in [0.3, 0.4) is 0 Å². The van der Waals surface area contributed by atoms with E-state index < -0.39 is 0 Å². The van der Waals surface area contributed by atoms with Gasteiger partial charge in [-0.3, -0.25) is 4.79 Å². The fourth-order valence-corrected chi connectivity index (χ4v) is 3.22. The van der Waals surface area contributed by atoms with Gasteiger partial charge in [-0.15, -0.1) is 11.3 Å². The molecule has 2 N–H and O–H groups in total. The Morgan fingerprint density at radius 1 is 1.12 bits per heavy atom. The third kappa shape index (κ3) is 4.01. The van der Waals surface area contributed by atoms with Gasteiger partial charge in [-0.1, -0.05) is 28.1 Å². The van der Waals surface area contributed by atoms with Crippen LogP contribution in [0.4, 0.5) is 10.8 Å². The van der Waals surface area contributed by atoms with Crippen molar-refractivity contribution in [3.63, 3.8) is 0 Å². The van der Waals surface area contributed by atoms with Crippen molar-refractivity contribution < 1.29 is 4.79 Å². The molecule has 2 aromatic carbocycles. The van der Waals surface area contributed by atoms with E-state index >= 15 is 0 Å². The zero-order valence-corrected chi connectivity index (χ0v) is 15.4. The van der Waals surface area contributed by atoms with E-state index in [0.29, 0.717) is 5.56 Å². The van der Waals surface area contributed by atoms with Gasteiger partial charge >= 0.3 is 0 Å². The topological polar surface area (TPSA) is 54.0 Å². The van der Waals surface area contributed by atoms with E-state index in [0.717, 1.165) is 33.1 Å². The molecule has 0 bridgehead atoms. The summed E-state index contributed by atoms with van der Waals surface area (Å²) in [6.45, 7) is 2.90. The molecule has 0 spiro atoms. The number of hydrogen-bond donors (Lipinski definition) is 2. The lowest BCUT2D eigenvalue weighted by molar-refractivity contribution is 0.102. The minimum absolute atomic E-state index is 0.127. The summed E-state index contributed by atoms with van der Waals surface area (Å²) in [7, 11) is 0. The smallest absolute Gasteiger partial charge is 0.255 e. The van der Waals surface area contributed by atoms with Crippen LogP contribution in [0.2, 0.25) is 0 Å². The molecule has 24 heavy (non-hydrogen) atoms.